The van der Waals surface area contributed by atoms with Crippen LogP contribution in [0.3, 0.4) is 0 Å². The number of allylic oxidation sites excluding steroid dienone is 1. The summed E-state index contributed by atoms with van der Waals surface area (Å²) in [4.78, 5) is 2.57. The van der Waals surface area contributed by atoms with Crippen LogP contribution in [0.1, 0.15) is 78.1 Å². The number of benzene rings is 4. The molecule has 0 unspecified atom stereocenters. The standard InChI is InChI=1S/C29H28N.C10H12O.2ClH.Ru/c1-18-14-19(2)27(20(3)15-18)30-17-29-24-12-8-6-10-21(24)23(16-26(29)28(30,4)5)22-11-7-9-13-25(22)29;1-8(2)11-10-7-5-4-6-9(10)3;;;/h6-17,23H,1-5H3;3-8H,1-2H3;2*1H;/q-1;;;;+2/p-2. The third-order valence-corrected chi connectivity index (χ3v) is 11.0. The third kappa shape index (κ3) is 5.20. The van der Waals surface area contributed by atoms with E-state index in [9.17, 15) is 0 Å². The summed E-state index contributed by atoms with van der Waals surface area (Å²) in [5.74, 6) is 1.20. The van der Waals surface area contributed by atoms with E-state index in [1.54, 1.807) is 0 Å². The molecule has 5 heteroatoms. The number of nitrogens with zero attached hydrogens (tertiary/aromatic N) is 1. The van der Waals surface area contributed by atoms with Crippen LogP contribution in [0.5, 0.6) is 5.75 Å². The van der Waals surface area contributed by atoms with Gasteiger partial charge in [0.2, 0.25) is 0 Å². The predicted octanol–water partition coefficient (Wildman–Crippen LogP) is 10.3. The average molecular weight is 711 g/mol. The summed E-state index contributed by atoms with van der Waals surface area (Å²) in [6, 6.07) is 30.6. The average Bonchev–Trinajstić information content (AvgIpc) is 3.21. The molecule has 0 radical (unpaired) electrons. The van der Waals surface area contributed by atoms with Crippen molar-refractivity contribution >= 4 is 29.7 Å². The zero-order valence-corrected chi connectivity index (χ0v) is 29.7. The van der Waals surface area contributed by atoms with Crippen LogP contribution in [0.2, 0.25) is 0 Å². The van der Waals surface area contributed by atoms with E-state index in [1.165, 1.54) is 50.2 Å². The number of rotatable bonds is 4. The van der Waals surface area contributed by atoms with Gasteiger partial charge in [0.15, 0.2) is 0 Å². The third-order valence-electron chi connectivity index (χ3n) is 9.13. The molecule has 4 aromatic carbocycles. The first-order valence-corrected chi connectivity index (χ1v) is 20.7. The molecule has 4 aliphatic rings. The molecular weight excluding hydrogens is 670 g/mol. The van der Waals surface area contributed by atoms with Crippen LogP contribution in [0, 0.1) is 27.3 Å². The van der Waals surface area contributed by atoms with Gasteiger partial charge in [0.1, 0.15) is 0 Å². The number of hydrogen-bond donors (Lipinski definition) is 0. The molecule has 1 heterocycles. The van der Waals surface area contributed by atoms with Crippen molar-refractivity contribution in [1.29, 1.82) is 0 Å². The Kier molecular flexibility index (Phi) is 8.46. The second kappa shape index (κ2) is 11.9. The van der Waals surface area contributed by atoms with Gasteiger partial charge in [-0.2, -0.15) is 0 Å². The quantitative estimate of drug-likeness (QED) is 0.119. The van der Waals surface area contributed by atoms with Gasteiger partial charge in [0.25, 0.3) is 0 Å². The summed E-state index contributed by atoms with van der Waals surface area (Å²) in [6.07, 6.45) is 2.73. The largest absolute Gasteiger partial charge is 0.513 e. The van der Waals surface area contributed by atoms with Crippen LogP contribution in [0.15, 0.2) is 96.6 Å². The molecule has 8 rings (SSSR count). The van der Waals surface area contributed by atoms with E-state index >= 15 is 0 Å². The van der Waals surface area contributed by atoms with Gasteiger partial charge in [-0.1, -0.05) is 94.4 Å². The molecule has 2 nitrogen and oxygen atoms in total. The van der Waals surface area contributed by atoms with Gasteiger partial charge < -0.3 is 4.90 Å². The van der Waals surface area contributed by atoms with Gasteiger partial charge in [0, 0.05) is 17.1 Å². The first-order valence-electron chi connectivity index (χ1n) is 15.2. The van der Waals surface area contributed by atoms with Crippen LogP contribution >= 0.6 is 19.4 Å². The molecule has 2 bridgehead atoms. The van der Waals surface area contributed by atoms with Crippen molar-refractivity contribution in [3.05, 3.63) is 148 Å². The summed E-state index contributed by atoms with van der Waals surface area (Å²) in [5, 5.41) is 0. The van der Waals surface area contributed by atoms with Crippen molar-refractivity contribution < 1.29 is 18.3 Å². The van der Waals surface area contributed by atoms with Crippen molar-refractivity contribution in [2.45, 2.75) is 71.4 Å². The summed E-state index contributed by atoms with van der Waals surface area (Å²) < 4.78 is 7.51. The van der Waals surface area contributed by atoms with E-state index in [1.807, 2.05) is 42.7 Å². The van der Waals surface area contributed by atoms with E-state index < -0.39 is 13.5 Å². The molecule has 1 spiro atoms. The summed E-state index contributed by atoms with van der Waals surface area (Å²) in [6.45, 7) is 18.0. The van der Waals surface area contributed by atoms with Crippen molar-refractivity contribution in [2.75, 3.05) is 4.90 Å². The Morgan fingerprint density at radius 2 is 1.39 bits per heavy atom. The van der Waals surface area contributed by atoms with Crippen molar-refractivity contribution in [2.24, 2.45) is 0 Å². The maximum atomic E-state index is 5.82. The monoisotopic (exact) mass is 710 g/mol. The number of para-hydroxylation sites is 1. The molecule has 1 fully saturated rings. The zero-order chi connectivity index (χ0) is 31.4. The first-order chi connectivity index (χ1) is 20.9. The minimum atomic E-state index is -1.77. The van der Waals surface area contributed by atoms with Crippen molar-refractivity contribution in [3.63, 3.8) is 0 Å². The fourth-order valence-corrected chi connectivity index (χ4v) is 9.43. The topological polar surface area (TPSA) is 12.5 Å². The molecule has 1 saturated heterocycles. The molecule has 0 saturated carbocycles. The van der Waals surface area contributed by atoms with Gasteiger partial charge >= 0.3 is 97.8 Å². The number of aryl methyl sites for hydroxylation is 3. The van der Waals surface area contributed by atoms with Crippen LogP contribution in [0.25, 0.3) is 0 Å². The van der Waals surface area contributed by atoms with E-state index in [0.717, 1.165) is 11.3 Å². The van der Waals surface area contributed by atoms with Gasteiger partial charge in [-0.05, 0) is 56.9 Å². The molecule has 230 valence electrons. The molecule has 3 aliphatic carbocycles. The SMILES string of the molecule is CC(C)Oc1ccccc1[CH]=[Ru]([Cl])[Cl].Cc1cc(C)c(N2[CH-]C34C(=CC(c5ccccc53)c3ccccc34)C2(C)C)c(C)c1. The van der Waals surface area contributed by atoms with Crippen LogP contribution in [-0.4, -0.2) is 16.3 Å². The predicted molar refractivity (Wildman–Crippen MR) is 184 cm³/mol. The van der Waals surface area contributed by atoms with Gasteiger partial charge in [-0.3, -0.25) is 0 Å². The first kappa shape index (κ1) is 31.3. The minimum absolute atomic E-state index is 0.0932. The Bertz CT molecular complexity index is 1730. The summed E-state index contributed by atoms with van der Waals surface area (Å²) in [7, 11) is 11.6. The fraction of sp³-hybridized carbons (Fsp3) is 0.282. The number of ether oxygens (including phenoxy) is 1. The Morgan fingerprint density at radius 3 is 1.95 bits per heavy atom. The van der Waals surface area contributed by atoms with E-state index in [2.05, 4.69) is 113 Å². The molecular formula is C39H40Cl2NORu-. The smallest absolute Gasteiger partial charge is 0.0276 e. The van der Waals surface area contributed by atoms with Gasteiger partial charge in [0.05, 0.1) is 0 Å². The Labute approximate surface area is 276 Å². The number of halogens is 2. The van der Waals surface area contributed by atoms with Crippen LogP contribution in [-0.2, 0) is 18.9 Å². The fourth-order valence-electron chi connectivity index (χ4n) is 7.62. The van der Waals surface area contributed by atoms with Crippen LogP contribution in [0.4, 0.5) is 5.69 Å². The van der Waals surface area contributed by atoms with E-state index in [4.69, 9.17) is 24.1 Å². The second-order valence-electron chi connectivity index (χ2n) is 12.9. The maximum absolute atomic E-state index is 5.82. The molecule has 44 heavy (non-hydrogen) atoms. The molecule has 0 amide bonds. The Balaban J connectivity index is 0.000000208. The second-order valence-corrected chi connectivity index (χ2v) is 18.6. The normalized spacial score (nSPS) is 20.6. The van der Waals surface area contributed by atoms with Crippen LogP contribution < -0.4 is 9.64 Å². The van der Waals surface area contributed by atoms with Crippen molar-refractivity contribution in [3.8, 4) is 5.75 Å². The zero-order valence-electron chi connectivity index (χ0n) is 26.4. The van der Waals surface area contributed by atoms with E-state index in [-0.39, 0.29) is 17.1 Å². The number of anilines is 1. The maximum Gasteiger partial charge on any atom is 0.0276 e. The van der Waals surface area contributed by atoms with E-state index in [0.29, 0.717) is 5.92 Å². The summed E-state index contributed by atoms with van der Waals surface area (Å²) >= 11 is -1.77. The van der Waals surface area contributed by atoms with Gasteiger partial charge in [-0.25, -0.2) is 6.54 Å². The molecule has 4 aromatic rings. The van der Waals surface area contributed by atoms with Gasteiger partial charge in [-0.15, -0.1) is 0 Å². The minimum Gasteiger partial charge on any atom is -0.513 e. The molecule has 0 N–H and O–H groups in total. The molecule has 1 aliphatic heterocycles. The molecule has 0 atom stereocenters. The Morgan fingerprint density at radius 1 is 0.841 bits per heavy atom. The number of hydrogen-bond acceptors (Lipinski definition) is 2. The van der Waals surface area contributed by atoms with Crippen molar-refractivity contribution in [1.82, 2.24) is 0 Å². The molecule has 0 aromatic heterocycles. The summed E-state index contributed by atoms with van der Waals surface area (Å²) in [5.41, 5.74) is 13.5. The Hall–Kier alpha value is -2.71.